The summed E-state index contributed by atoms with van der Waals surface area (Å²) in [6.45, 7) is 12.7. The average Bonchev–Trinajstić information content (AvgIpc) is 2.70. The minimum atomic E-state index is 0.463. The second-order valence-corrected chi connectivity index (χ2v) is 3.99. The highest BCUT2D eigenvalue weighted by atomic mass is 16.5. The SMILES string of the molecule is CC.CCN(C)CC1(CC)CCOC1. The Morgan fingerprint density at radius 2 is 1.93 bits per heavy atom. The maximum atomic E-state index is 5.47. The first-order valence-corrected chi connectivity index (χ1v) is 5.99. The molecule has 86 valence electrons. The van der Waals surface area contributed by atoms with Gasteiger partial charge in [-0.05, 0) is 26.4 Å². The highest BCUT2D eigenvalue weighted by Crippen LogP contribution is 2.32. The molecule has 0 radical (unpaired) electrons. The summed E-state index contributed by atoms with van der Waals surface area (Å²) in [6, 6.07) is 0. The second kappa shape index (κ2) is 7.24. The normalized spacial score (nSPS) is 26.1. The third-order valence-electron chi connectivity index (χ3n) is 3.08. The summed E-state index contributed by atoms with van der Waals surface area (Å²) < 4.78 is 5.47. The van der Waals surface area contributed by atoms with Crippen molar-refractivity contribution in [3.63, 3.8) is 0 Å². The van der Waals surface area contributed by atoms with Crippen LogP contribution >= 0.6 is 0 Å². The molecule has 1 saturated heterocycles. The van der Waals surface area contributed by atoms with E-state index in [1.165, 1.54) is 19.4 Å². The van der Waals surface area contributed by atoms with Crippen LogP contribution in [0.2, 0.25) is 0 Å². The van der Waals surface area contributed by atoms with Gasteiger partial charge in [-0.3, -0.25) is 0 Å². The Hall–Kier alpha value is -0.0800. The van der Waals surface area contributed by atoms with Crippen molar-refractivity contribution in [3.8, 4) is 0 Å². The molecule has 0 amide bonds. The van der Waals surface area contributed by atoms with Crippen LogP contribution in [0.5, 0.6) is 0 Å². The van der Waals surface area contributed by atoms with Gasteiger partial charge in [0.25, 0.3) is 0 Å². The van der Waals surface area contributed by atoms with Crippen molar-refractivity contribution >= 4 is 0 Å². The van der Waals surface area contributed by atoms with Crippen LogP contribution < -0.4 is 0 Å². The van der Waals surface area contributed by atoms with Crippen LogP contribution in [0.4, 0.5) is 0 Å². The van der Waals surface area contributed by atoms with E-state index in [1.807, 2.05) is 13.8 Å². The van der Waals surface area contributed by atoms with Gasteiger partial charge in [-0.15, -0.1) is 0 Å². The van der Waals surface area contributed by atoms with Gasteiger partial charge >= 0.3 is 0 Å². The Morgan fingerprint density at radius 1 is 1.29 bits per heavy atom. The molecule has 1 fully saturated rings. The molecular formula is C12H27NO. The molecule has 2 nitrogen and oxygen atoms in total. The van der Waals surface area contributed by atoms with E-state index in [9.17, 15) is 0 Å². The molecule has 1 aliphatic rings. The molecule has 1 unspecified atom stereocenters. The Bertz CT molecular complexity index is 130. The molecule has 0 spiro atoms. The lowest BCUT2D eigenvalue weighted by Gasteiger charge is -2.30. The predicted molar refractivity (Wildman–Crippen MR) is 62.7 cm³/mol. The number of hydrogen-bond acceptors (Lipinski definition) is 2. The van der Waals surface area contributed by atoms with E-state index in [1.54, 1.807) is 0 Å². The molecule has 0 aromatic carbocycles. The number of nitrogens with zero attached hydrogens (tertiary/aromatic N) is 1. The zero-order valence-corrected chi connectivity index (χ0v) is 10.6. The van der Waals surface area contributed by atoms with Crippen molar-refractivity contribution in [2.45, 2.75) is 40.5 Å². The van der Waals surface area contributed by atoms with Crippen molar-refractivity contribution < 1.29 is 4.74 Å². The maximum absolute atomic E-state index is 5.47. The lowest BCUT2D eigenvalue weighted by molar-refractivity contribution is 0.119. The third-order valence-corrected chi connectivity index (χ3v) is 3.08. The summed E-state index contributed by atoms with van der Waals surface area (Å²) in [5.74, 6) is 0. The van der Waals surface area contributed by atoms with Gasteiger partial charge in [-0.1, -0.05) is 27.7 Å². The smallest absolute Gasteiger partial charge is 0.0535 e. The van der Waals surface area contributed by atoms with Crippen LogP contribution in [0.15, 0.2) is 0 Å². The molecule has 14 heavy (non-hydrogen) atoms. The molecule has 0 aromatic heterocycles. The van der Waals surface area contributed by atoms with E-state index in [0.717, 1.165) is 19.8 Å². The van der Waals surface area contributed by atoms with Crippen LogP contribution in [0, 0.1) is 5.41 Å². The van der Waals surface area contributed by atoms with Crippen molar-refractivity contribution in [2.75, 3.05) is 33.4 Å². The maximum Gasteiger partial charge on any atom is 0.0535 e. The molecule has 1 heterocycles. The van der Waals surface area contributed by atoms with E-state index in [-0.39, 0.29) is 0 Å². The van der Waals surface area contributed by atoms with Crippen molar-refractivity contribution in [1.29, 1.82) is 0 Å². The largest absolute Gasteiger partial charge is 0.381 e. The van der Waals surface area contributed by atoms with Gasteiger partial charge < -0.3 is 9.64 Å². The molecule has 0 bridgehead atoms. The minimum absolute atomic E-state index is 0.463. The van der Waals surface area contributed by atoms with Gasteiger partial charge in [-0.25, -0.2) is 0 Å². The first kappa shape index (κ1) is 13.9. The monoisotopic (exact) mass is 201 g/mol. The quantitative estimate of drug-likeness (QED) is 0.693. The Labute approximate surface area is 89.6 Å². The van der Waals surface area contributed by atoms with Gasteiger partial charge in [0.2, 0.25) is 0 Å². The van der Waals surface area contributed by atoms with E-state index < -0.39 is 0 Å². The lowest BCUT2D eigenvalue weighted by atomic mass is 9.84. The van der Waals surface area contributed by atoms with Gasteiger partial charge in [0.05, 0.1) is 6.61 Å². The highest BCUT2D eigenvalue weighted by molar-refractivity contribution is 4.84. The fourth-order valence-corrected chi connectivity index (χ4v) is 1.85. The fourth-order valence-electron chi connectivity index (χ4n) is 1.85. The minimum Gasteiger partial charge on any atom is -0.381 e. The van der Waals surface area contributed by atoms with Gasteiger partial charge in [0.15, 0.2) is 0 Å². The number of hydrogen-bond donors (Lipinski definition) is 0. The Balaban J connectivity index is 0.000000791. The molecule has 2 heteroatoms. The van der Waals surface area contributed by atoms with E-state index in [4.69, 9.17) is 4.74 Å². The molecule has 1 rings (SSSR count). The first-order chi connectivity index (χ1) is 6.72. The predicted octanol–water partition coefficient (Wildman–Crippen LogP) is 2.78. The zero-order chi connectivity index (χ0) is 11.0. The number of ether oxygens (including phenoxy) is 1. The second-order valence-electron chi connectivity index (χ2n) is 3.99. The highest BCUT2D eigenvalue weighted by Gasteiger charge is 2.33. The molecule has 0 N–H and O–H groups in total. The number of rotatable bonds is 4. The van der Waals surface area contributed by atoms with Crippen molar-refractivity contribution in [3.05, 3.63) is 0 Å². The molecule has 1 atom stereocenters. The van der Waals surface area contributed by atoms with Crippen molar-refractivity contribution in [2.24, 2.45) is 5.41 Å². The summed E-state index contributed by atoms with van der Waals surface area (Å²) >= 11 is 0. The van der Waals surface area contributed by atoms with E-state index >= 15 is 0 Å². The van der Waals surface area contributed by atoms with Gasteiger partial charge in [0, 0.05) is 18.6 Å². The fraction of sp³-hybridized carbons (Fsp3) is 1.00. The molecule has 1 aliphatic heterocycles. The van der Waals surface area contributed by atoms with Crippen LogP contribution in [-0.4, -0.2) is 38.3 Å². The average molecular weight is 201 g/mol. The van der Waals surface area contributed by atoms with E-state index in [0.29, 0.717) is 5.41 Å². The summed E-state index contributed by atoms with van der Waals surface area (Å²) in [7, 11) is 2.19. The molecular weight excluding hydrogens is 174 g/mol. The van der Waals surface area contributed by atoms with Gasteiger partial charge in [0.1, 0.15) is 0 Å². The summed E-state index contributed by atoms with van der Waals surface area (Å²) in [5.41, 5.74) is 0.463. The lowest BCUT2D eigenvalue weighted by Crippen LogP contribution is -2.35. The Morgan fingerprint density at radius 3 is 2.29 bits per heavy atom. The molecule has 0 saturated carbocycles. The van der Waals surface area contributed by atoms with Crippen LogP contribution in [0.25, 0.3) is 0 Å². The third kappa shape index (κ3) is 3.97. The molecule has 0 aliphatic carbocycles. The summed E-state index contributed by atoms with van der Waals surface area (Å²) in [6.07, 6.45) is 2.49. The molecule has 0 aromatic rings. The van der Waals surface area contributed by atoms with Gasteiger partial charge in [-0.2, -0.15) is 0 Å². The topological polar surface area (TPSA) is 12.5 Å². The standard InChI is InChI=1S/C10H21NO.C2H6/c1-4-10(6-7-12-9-10)8-11(3)5-2;1-2/h4-9H2,1-3H3;1-2H3. The first-order valence-electron chi connectivity index (χ1n) is 5.99. The van der Waals surface area contributed by atoms with Crippen LogP contribution in [0.1, 0.15) is 40.5 Å². The van der Waals surface area contributed by atoms with Crippen LogP contribution in [-0.2, 0) is 4.74 Å². The van der Waals surface area contributed by atoms with Crippen molar-refractivity contribution in [1.82, 2.24) is 4.90 Å². The zero-order valence-electron chi connectivity index (χ0n) is 10.6. The summed E-state index contributed by atoms with van der Waals surface area (Å²) in [5, 5.41) is 0. The van der Waals surface area contributed by atoms with E-state index in [2.05, 4.69) is 25.8 Å². The Kier molecular flexibility index (Phi) is 7.20. The van der Waals surface area contributed by atoms with Crippen LogP contribution in [0.3, 0.4) is 0 Å². The summed E-state index contributed by atoms with van der Waals surface area (Å²) in [4.78, 5) is 2.39.